The van der Waals surface area contributed by atoms with Crippen LogP contribution in [-0.4, -0.2) is 39.6 Å². The second kappa shape index (κ2) is 11.0. The van der Waals surface area contributed by atoms with Gasteiger partial charge < -0.3 is 19.3 Å². The molecule has 0 saturated heterocycles. The molecule has 0 radical (unpaired) electrons. The topological polar surface area (TPSA) is 88.8 Å². The van der Waals surface area contributed by atoms with Gasteiger partial charge in [0.15, 0.2) is 8.03 Å². The molecule has 32 heavy (non-hydrogen) atoms. The third kappa shape index (κ3) is 5.89. The Balaban J connectivity index is 1.88. The lowest BCUT2D eigenvalue weighted by Gasteiger charge is -2.19. The van der Waals surface area contributed by atoms with Crippen LogP contribution in [0.5, 0.6) is 0 Å². The summed E-state index contributed by atoms with van der Waals surface area (Å²) in [7, 11) is -2.59. The van der Waals surface area contributed by atoms with Crippen molar-refractivity contribution in [1.82, 2.24) is 4.57 Å². The van der Waals surface area contributed by atoms with Gasteiger partial charge in [0.2, 0.25) is 0 Å². The van der Waals surface area contributed by atoms with Crippen molar-refractivity contribution in [2.45, 2.75) is 58.1 Å². The predicted molar refractivity (Wildman–Crippen MR) is 122 cm³/mol. The highest BCUT2D eigenvalue weighted by Crippen LogP contribution is 2.38. The van der Waals surface area contributed by atoms with Gasteiger partial charge in [0.25, 0.3) is 0 Å². The molecular weight excluding hydrogens is 432 g/mol. The highest BCUT2D eigenvalue weighted by molar-refractivity contribution is 7.39. The molecular formula is C24H29FNO5P. The van der Waals surface area contributed by atoms with Crippen molar-refractivity contribution in [3.8, 4) is 23.1 Å². The predicted octanol–water partition coefficient (Wildman–Crippen LogP) is 4.43. The first-order valence-electron chi connectivity index (χ1n) is 10.8. The fraction of sp³-hybridized carbons (Fsp3) is 0.458. The summed E-state index contributed by atoms with van der Waals surface area (Å²) in [4.78, 5) is 10.6. The first kappa shape index (κ1) is 24.3. The molecule has 1 aromatic carbocycles. The molecule has 8 heteroatoms. The van der Waals surface area contributed by atoms with Gasteiger partial charge in [-0.1, -0.05) is 25.7 Å². The number of aliphatic hydroxyl groups excluding tert-OH is 1. The van der Waals surface area contributed by atoms with Gasteiger partial charge in [-0.3, -0.25) is 9.36 Å². The molecule has 1 aromatic heterocycles. The number of benzene rings is 1. The van der Waals surface area contributed by atoms with Crippen molar-refractivity contribution in [3.63, 3.8) is 0 Å². The van der Waals surface area contributed by atoms with Crippen molar-refractivity contribution in [1.29, 1.82) is 0 Å². The Kier molecular flexibility index (Phi) is 8.31. The zero-order chi connectivity index (χ0) is 23.3. The molecule has 0 aliphatic carbocycles. The van der Waals surface area contributed by atoms with Crippen LogP contribution < -0.4 is 0 Å². The Morgan fingerprint density at radius 2 is 2.00 bits per heavy atom. The Hall–Kier alpha value is -2.39. The van der Waals surface area contributed by atoms with Crippen LogP contribution in [0.4, 0.5) is 4.39 Å². The smallest absolute Gasteiger partial charge is 0.305 e. The van der Waals surface area contributed by atoms with Gasteiger partial charge in [-0.25, -0.2) is 4.39 Å². The van der Waals surface area contributed by atoms with Crippen LogP contribution in [0.15, 0.2) is 24.3 Å². The highest BCUT2D eigenvalue weighted by Gasteiger charge is 2.26. The normalized spacial score (nSPS) is 15.0. The van der Waals surface area contributed by atoms with Crippen molar-refractivity contribution < 1.29 is 28.5 Å². The summed E-state index contributed by atoms with van der Waals surface area (Å²) in [5.41, 5.74) is 5.21. The first-order chi connectivity index (χ1) is 15.3. The first-order valence-corrected chi connectivity index (χ1v) is 12.4. The van der Waals surface area contributed by atoms with Gasteiger partial charge in [0, 0.05) is 18.4 Å². The van der Waals surface area contributed by atoms with Crippen LogP contribution in [0.3, 0.4) is 0 Å². The Labute approximate surface area is 188 Å². The van der Waals surface area contributed by atoms with E-state index in [4.69, 9.17) is 9.63 Å². The van der Waals surface area contributed by atoms with Gasteiger partial charge in [-0.2, -0.15) is 0 Å². The SMILES string of the molecule is CC(C)c1c(C#CCO[PH](=O)C[C@@H](O)CC(=O)O)c(-c2ccc(F)cc2)n2c1CCCC2. The number of hydrogen-bond acceptors (Lipinski definition) is 4. The standard InChI is InChI=1S/C24H29FNO5P/c1-16(2)23-20(6-5-13-31-32(30)15-19(27)14-22(28)29)24(17-8-10-18(25)11-9-17)26-12-4-3-7-21(23)26/h8-11,16,19,27,32H,3-4,7,12-15H2,1-2H3,(H,28,29)/t19-/m0/s1. The van der Waals surface area contributed by atoms with Crippen molar-refractivity contribution in [2.75, 3.05) is 12.8 Å². The third-order valence-corrected chi connectivity index (χ3v) is 6.76. The minimum atomic E-state index is -2.59. The zero-order valence-corrected chi connectivity index (χ0v) is 19.4. The van der Waals surface area contributed by atoms with E-state index < -0.39 is 26.5 Å². The fourth-order valence-electron chi connectivity index (χ4n) is 4.19. The highest BCUT2D eigenvalue weighted by atomic mass is 31.1. The van der Waals surface area contributed by atoms with Crippen LogP contribution >= 0.6 is 8.03 Å². The quantitative estimate of drug-likeness (QED) is 0.449. The van der Waals surface area contributed by atoms with E-state index >= 15 is 0 Å². The van der Waals surface area contributed by atoms with Gasteiger partial charge in [0.1, 0.15) is 12.4 Å². The Morgan fingerprint density at radius 3 is 2.66 bits per heavy atom. The molecule has 0 bridgehead atoms. The van der Waals surface area contributed by atoms with E-state index in [1.807, 2.05) is 0 Å². The third-order valence-electron chi connectivity index (χ3n) is 5.48. The minimum Gasteiger partial charge on any atom is -0.481 e. The molecule has 2 heterocycles. The Morgan fingerprint density at radius 1 is 1.28 bits per heavy atom. The number of aliphatic hydroxyl groups is 1. The summed E-state index contributed by atoms with van der Waals surface area (Å²) in [6.07, 6.45) is 1.27. The lowest BCUT2D eigenvalue weighted by molar-refractivity contribution is -0.138. The molecule has 172 valence electrons. The van der Waals surface area contributed by atoms with E-state index in [0.717, 1.165) is 42.6 Å². The summed E-state index contributed by atoms with van der Waals surface area (Å²) in [5.74, 6) is 4.95. The average molecular weight is 461 g/mol. The molecule has 1 aliphatic heterocycles. The van der Waals surface area contributed by atoms with Gasteiger partial charge in [-0.05, 0) is 60.6 Å². The van der Waals surface area contributed by atoms with E-state index in [9.17, 15) is 18.9 Å². The van der Waals surface area contributed by atoms with Gasteiger partial charge in [-0.15, -0.1) is 0 Å². The molecule has 0 fully saturated rings. The number of carboxylic acid groups (broad SMARTS) is 1. The molecule has 3 rings (SSSR count). The second-order valence-corrected chi connectivity index (χ2v) is 9.71. The number of rotatable bonds is 8. The van der Waals surface area contributed by atoms with Crippen LogP contribution in [0.1, 0.15) is 55.8 Å². The van der Waals surface area contributed by atoms with Crippen LogP contribution in [0.25, 0.3) is 11.3 Å². The summed E-state index contributed by atoms with van der Waals surface area (Å²) in [6.45, 7) is 5.06. The van der Waals surface area contributed by atoms with E-state index in [2.05, 4.69) is 30.3 Å². The Bertz CT molecular complexity index is 1050. The van der Waals surface area contributed by atoms with Crippen molar-refractivity contribution >= 4 is 14.0 Å². The number of aromatic nitrogens is 1. The van der Waals surface area contributed by atoms with E-state index in [1.165, 1.54) is 23.4 Å². The van der Waals surface area contributed by atoms with Gasteiger partial charge in [0.05, 0.1) is 23.8 Å². The minimum absolute atomic E-state index is 0.0848. The zero-order valence-electron chi connectivity index (χ0n) is 18.4. The van der Waals surface area contributed by atoms with E-state index in [1.54, 1.807) is 12.1 Å². The number of carbonyl (C=O) groups is 1. The number of carboxylic acids is 1. The monoisotopic (exact) mass is 461 g/mol. The van der Waals surface area contributed by atoms with Gasteiger partial charge >= 0.3 is 5.97 Å². The van der Waals surface area contributed by atoms with Crippen molar-refractivity contribution in [3.05, 3.63) is 46.9 Å². The summed E-state index contributed by atoms with van der Waals surface area (Å²) >= 11 is 0. The number of fused-ring (bicyclic) bond motifs is 1. The molecule has 6 nitrogen and oxygen atoms in total. The molecule has 1 aliphatic rings. The molecule has 1 unspecified atom stereocenters. The number of nitrogens with zero attached hydrogens (tertiary/aromatic N) is 1. The molecule has 0 spiro atoms. The largest absolute Gasteiger partial charge is 0.481 e. The number of hydrogen-bond donors (Lipinski definition) is 2. The van der Waals surface area contributed by atoms with E-state index in [0.29, 0.717) is 0 Å². The maximum Gasteiger partial charge on any atom is 0.305 e. The maximum absolute atomic E-state index is 13.5. The molecule has 2 N–H and O–H groups in total. The summed E-state index contributed by atoms with van der Waals surface area (Å²) in [5, 5.41) is 18.3. The van der Waals surface area contributed by atoms with Crippen LogP contribution in [0.2, 0.25) is 0 Å². The number of halogens is 1. The lowest BCUT2D eigenvalue weighted by Crippen LogP contribution is -2.15. The molecule has 0 saturated carbocycles. The van der Waals surface area contributed by atoms with E-state index in [-0.39, 0.29) is 24.5 Å². The second-order valence-electron chi connectivity index (χ2n) is 8.27. The number of aliphatic carboxylic acids is 1. The van der Waals surface area contributed by atoms with Crippen molar-refractivity contribution in [2.24, 2.45) is 0 Å². The summed E-state index contributed by atoms with van der Waals surface area (Å²) in [6, 6.07) is 6.42. The van der Waals surface area contributed by atoms with Crippen LogP contribution in [-0.2, 0) is 26.8 Å². The summed E-state index contributed by atoms with van der Waals surface area (Å²) < 4.78 is 33.1. The molecule has 0 amide bonds. The average Bonchev–Trinajstić information content (AvgIpc) is 3.05. The molecule has 2 atom stereocenters. The lowest BCUT2D eigenvalue weighted by atomic mass is 9.94. The maximum atomic E-state index is 13.5. The molecule has 2 aromatic rings. The van der Waals surface area contributed by atoms with Crippen LogP contribution in [0, 0.1) is 17.7 Å². The fourth-order valence-corrected chi connectivity index (χ4v) is 5.07.